The largest absolute Gasteiger partial charge is 0.436 e. The van der Waals surface area contributed by atoms with Crippen LogP contribution in [0.2, 0.25) is 0 Å². The van der Waals surface area contributed by atoms with Gasteiger partial charge >= 0.3 is 5.08 Å². The molecule has 1 heterocycles. The van der Waals surface area contributed by atoms with E-state index in [2.05, 4.69) is 25.5 Å². The van der Waals surface area contributed by atoms with Crippen molar-refractivity contribution in [3.63, 3.8) is 0 Å². The molecule has 0 unspecified atom stereocenters. The molecule has 0 spiro atoms. The van der Waals surface area contributed by atoms with Crippen LogP contribution in [0.15, 0.2) is 74.6 Å². The van der Waals surface area contributed by atoms with Crippen LogP contribution >= 0.6 is 0 Å². The molecule has 0 aliphatic heterocycles. The second-order valence-electron chi connectivity index (χ2n) is 4.50. The Morgan fingerprint density at radius 1 is 0.957 bits per heavy atom. The highest BCUT2D eigenvalue weighted by Gasteiger charge is 2.05. The molecule has 110 valence electrons. The first-order valence-corrected chi connectivity index (χ1v) is 6.57. The number of hydrogen-bond acceptors (Lipinski definition) is 5. The summed E-state index contributed by atoms with van der Waals surface area (Å²) in [5.41, 5.74) is 12.1. The summed E-state index contributed by atoms with van der Waals surface area (Å²) in [5.74, 6) is 0. The van der Waals surface area contributed by atoms with Crippen LogP contribution in [0.25, 0.3) is 21.8 Å². The average Bonchev–Trinajstić information content (AvgIpc) is 3.07. The number of aromatic nitrogens is 1. The third kappa shape index (κ3) is 3.14. The Hall–Kier alpha value is -3.73. The van der Waals surface area contributed by atoms with E-state index in [4.69, 9.17) is 15.3 Å². The van der Waals surface area contributed by atoms with Gasteiger partial charge in [-0.3, -0.25) is 5.22 Å². The molecule has 2 aliphatic rings. The van der Waals surface area contributed by atoms with Crippen molar-refractivity contribution in [2.75, 3.05) is 0 Å². The number of diazo groups is 1. The van der Waals surface area contributed by atoms with Gasteiger partial charge in [-0.15, -0.1) is 0 Å². The Bertz CT molecular complexity index is 957. The summed E-state index contributed by atoms with van der Waals surface area (Å²) in [6.07, 6.45) is 15.5. The molecule has 0 aromatic carbocycles. The summed E-state index contributed by atoms with van der Waals surface area (Å²) in [7, 11) is 0. The Kier molecular flexibility index (Phi) is 3.93. The summed E-state index contributed by atoms with van der Waals surface area (Å²) in [5, 5.41) is 20.9. The van der Waals surface area contributed by atoms with Crippen LogP contribution < -0.4 is 11.0 Å². The molecule has 0 radical (unpaired) electrons. The highest BCUT2D eigenvalue weighted by molar-refractivity contribution is 6.09. The fourth-order valence-corrected chi connectivity index (χ4v) is 2.01. The molecule has 2 aliphatic carbocycles. The van der Waals surface area contributed by atoms with Gasteiger partial charge < -0.3 is 15.0 Å². The van der Waals surface area contributed by atoms with Crippen LogP contribution in [-0.4, -0.2) is 16.4 Å². The summed E-state index contributed by atoms with van der Waals surface area (Å²) >= 11 is 0. The minimum Gasteiger partial charge on any atom is -0.436 e. The molecule has 3 rings (SSSR count). The van der Waals surface area contributed by atoms with Gasteiger partial charge in [0.1, 0.15) is 0 Å². The minimum absolute atomic E-state index is 0.464. The Morgan fingerprint density at radius 3 is 2.26 bits per heavy atom. The molecular weight excluding hydrogens is 294 g/mol. The molecule has 0 atom stereocenters. The molecule has 1 aromatic rings. The number of oxazole rings is 1. The maximum atomic E-state index is 8.39. The van der Waals surface area contributed by atoms with Gasteiger partial charge in [0.05, 0.1) is 6.20 Å². The third-order valence-corrected chi connectivity index (χ3v) is 3.09. The van der Waals surface area contributed by atoms with Crippen LogP contribution in [0.3, 0.4) is 0 Å². The fraction of sp³-hybridized carbons (Fsp3) is 0. The van der Waals surface area contributed by atoms with E-state index >= 15 is 0 Å². The van der Waals surface area contributed by atoms with Crippen LogP contribution in [0.1, 0.15) is 0 Å². The molecule has 23 heavy (non-hydrogen) atoms. The van der Waals surface area contributed by atoms with Gasteiger partial charge in [-0.25, -0.2) is 4.98 Å². The van der Waals surface area contributed by atoms with E-state index in [1.807, 2.05) is 0 Å². The summed E-state index contributed by atoms with van der Waals surface area (Å²) in [4.78, 5) is 4.25. The van der Waals surface area contributed by atoms with Gasteiger partial charge in [-0.05, 0) is 42.2 Å². The van der Waals surface area contributed by atoms with E-state index in [1.54, 1.807) is 54.8 Å². The predicted molar refractivity (Wildman–Crippen MR) is 84.9 cm³/mol. The Labute approximate surface area is 130 Å². The number of nitrogens with zero attached hydrogens (tertiary/aromatic N) is 7. The molecule has 1 aromatic heterocycles. The van der Waals surface area contributed by atoms with E-state index in [0.29, 0.717) is 22.4 Å². The summed E-state index contributed by atoms with van der Waals surface area (Å²) < 4.78 is 5.74. The molecule has 0 saturated heterocycles. The number of allylic oxidation sites excluding steroid dienone is 8. The average molecular weight is 303 g/mol. The molecule has 0 saturated carbocycles. The normalized spacial score (nSPS) is 15.8. The van der Waals surface area contributed by atoms with Gasteiger partial charge in [0.15, 0.2) is 16.2 Å². The molecule has 0 fully saturated rings. The van der Waals surface area contributed by atoms with Crippen molar-refractivity contribution in [3.05, 3.63) is 76.4 Å². The second kappa shape index (κ2) is 6.36. The maximum absolute atomic E-state index is 8.39. The molecule has 0 amide bonds. The van der Waals surface area contributed by atoms with E-state index in [-0.39, 0.29) is 0 Å². The molecule has 0 N–H and O–H groups in total. The zero-order chi connectivity index (χ0) is 16.1. The second-order valence-corrected chi connectivity index (χ2v) is 4.50. The molecule has 0 bridgehead atoms. The van der Waals surface area contributed by atoms with E-state index in [1.165, 1.54) is 0 Å². The van der Waals surface area contributed by atoms with Crippen molar-refractivity contribution in [1.29, 1.82) is 5.39 Å². The lowest BCUT2D eigenvalue weighted by molar-refractivity contribution is 0.488. The van der Waals surface area contributed by atoms with E-state index in [0.717, 1.165) is 11.1 Å². The summed E-state index contributed by atoms with van der Waals surface area (Å²) in [6.45, 7) is 0. The van der Waals surface area contributed by atoms with Crippen LogP contribution in [-0.2, 0) is 0 Å². The van der Waals surface area contributed by atoms with Gasteiger partial charge in [-0.2, -0.15) is 0 Å². The first-order valence-electron chi connectivity index (χ1n) is 6.57. The minimum atomic E-state index is 0.464. The van der Waals surface area contributed by atoms with Crippen molar-refractivity contribution in [2.24, 2.45) is 15.4 Å². The SMILES string of the molecule is N#[N+]N=C1C=CC(=c2cnc(=C3C=CC(=NN=[N-])C=C3)o2)C=C1. The van der Waals surface area contributed by atoms with Crippen molar-refractivity contribution in [1.82, 2.24) is 4.98 Å². The standard InChI is InChI=1S/C15H9N7O/c16-21-19-12-5-1-10(2-6-12)14-9-18-15(23-14)11-3-7-13(8-4-11)20-22-17/h1-9H. The topological polar surface area (TPSA) is 114 Å². The van der Waals surface area contributed by atoms with E-state index in [9.17, 15) is 0 Å². The van der Waals surface area contributed by atoms with Gasteiger partial charge in [0.25, 0.3) is 5.39 Å². The fourth-order valence-electron chi connectivity index (χ4n) is 2.01. The van der Waals surface area contributed by atoms with Crippen molar-refractivity contribution in [3.8, 4) is 0 Å². The maximum Gasteiger partial charge on any atom is 0.339 e. The zero-order valence-corrected chi connectivity index (χ0v) is 11.7. The Balaban J connectivity index is 1.97. The predicted octanol–water partition coefficient (Wildman–Crippen LogP) is 1.81. The molecule has 8 heteroatoms. The molecule has 8 nitrogen and oxygen atoms in total. The van der Waals surface area contributed by atoms with Crippen LogP contribution in [0.4, 0.5) is 0 Å². The van der Waals surface area contributed by atoms with Crippen molar-refractivity contribution in [2.45, 2.75) is 0 Å². The quantitative estimate of drug-likeness (QED) is 0.447. The van der Waals surface area contributed by atoms with E-state index < -0.39 is 0 Å². The first kappa shape index (κ1) is 14.2. The monoisotopic (exact) mass is 303 g/mol. The van der Waals surface area contributed by atoms with Gasteiger partial charge in [0.2, 0.25) is 5.55 Å². The lowest BCUT2D eigenvalue weighted by Gasteiger charge is -2.03. The highest BCUT2D eigenvalue weighted by atomic mass is 16.3. The highest BCUT2D eigenvalue weighted by Crippen LogP contribution is 2.08. The van der Waals surface area contributed by atoms with Crippen LogP contribution in [0, 0.1) is 5.39 Å². The van der Waals surface area contributed by atoms with Gasteiger partial charge in [0, 0.05) is 11.1 Å². The lowest BCUT2D eigenvalue weighted by Crippen LogP contribution is -2.09. The van der Waals surface area contributed by atoms with Gasteiger partial charge in [-0.1, -0.05) is 12.2 Å². The first-order chi connectivity index (χ1) is 11.3. The molecular formula is C15H9N7O. The lowest BCUT2D eigenvalue weighted by atomic mass is 10.1. The smallest absolute Gasteiger partial charge is 0.339 e. The van der Waals surface area contributed by atoms with Crippen molar-refractivity contribution >= 4 is 22.6 Å². The van der Waals surface area contributed by atoms with Crippen molar-refractivity contribution < 1.29 is 4.42 Å². The zero-order valence-electron chi connectivity index (χ0n) is 11.7. The van der Waals surface area contributed by atoms with Crippen LogP contribution in [0.5, 0.6) is 0 Å². The third-order valence-electron chi connectivity index (χ3n) is 3.09. The number of rotatable bonds is 1. The summed E-state index contributed by atoms with van der Waals surface area (Å²) in [6, 6.07) is 0. The number of hydrogen-bond donors (Lipinski definition) is 0. The Morgan fingerprint density at radius 2 is 1.61 bits per heavy atom.